The largest absolute Gasteiger partial charge is 0.367 e. The molecule has 1 aromatic carbocycles. The van der Waals surface area contributed by atoms with Crippen molar-refractivity contribution in [3.05, 3.63) is 33.9 Å². The van der Waals surface area contributed by atoms with Gasteiger partial charge in [0, 0.05) is 16.5 Å². The van der Waals surface area contributed by atoms with Crippen LogP contribution in [0.15, 0.2) is 22.7 Å². The zero-order valence-electron chi connectivity index (χ0n) is 8.91. The number of benzene rings is 1. The predicted octanol–water partition coefficient (Wildman–Crippen LogP) is 4.11. The number of nitrogens with zero attached hydrogens (tertiary/aromatic N) is 1. The summed E-state index contributed by atoms with van der Waals surface area (Å²) in [5.41, 5.74) is 8.38. The minimum atomic E-state index is 0.316. The minimum absolute atomic E-state index is 0.316. The topological polar surface area (TPSA) is 52.0 Å². The molecule has 3 nitrogen and oxygen atoms in total. The van der Waals surface area contributed by atoms with Crippen molar-refractivity contribution in [3.63, 3.8) is 0 Å². The third kappa shape index (κ3) is 1.90. The third-order valence-electron chi connectivity index (χ3n) is 2.91. The van der Waals surface area contributed by atoms with Gasteiger partial charge in [0.05, 0.1) is 16.3 Å². The number of halogens is 2. The molecule has 0 saturated heterocycles. The lowest BCUT2D eigenvalue weighted by Crippen LogP contribution is -1.90. The van der Waals surface area contributed by atoms with Crippen LogP contribution in [-0.2, 0) is 0 Å². The Morgan fingerprint density at radius 2 is 2.06 bits per heavy atom. The Morgan fingerprint density at radius 3 is 2.71 bits per heavy atom. The Hall–Kier alpha value is -1.19. The van der Waals surface area contributed by atoms with Gasteiger partial charge in [0.2, 0.25) is 5.88 Å². The van der Waals surface area contributed by atoms with Crippen LogP contribution in [0.5, 0.6) is 0 Å². The van der Waals surface area contributed by atoms with Crippen molar-refractivity contribution in [1.82, 2.24) is 5.16 Å². The van der Waals surface area contributed by atoms with Crippen molar-refractivity contribution < 1.29 is 4.52 Å². The van der Waals surface area contributed by atoms with Crippen LogP contribution in [0.3, 0.4) is 0 Å². The summed E-state index contributed by atoms with van der Waals surface area (Å²) in [4.78, 5) is 0. The van der Waals surface area contributed by atoms with Gasteiger partial charge in [-0.05, 0) is 25.0 Å². The third-order valence-corrected chi connectivity index (χ3v) is 3.46. The maximum Gasteiger partial charge on any atom is 0.230 e. The Bertz CT molecular complexity index is 576. The summed E-state index contributed by atoms with van der Waals surface area (Å²) >= 11 is 12.1. The molecule has 1 heterocycles. The number of nitrogens with two attached hydrogens (primary N) is 1. The van der Waals surface area contributed by atoms with Gasteiger partial charge in [-0.15, -0.1) is 0 Å². The van der Waals surface area contributed by atoms with E-state index < -0.39 is 0 Å². The quantitative estimate of drug-likeness (QED) is 0.892. The number of aromatic nitrogens is 1. The summed E-state index contributed by atoms with van der Waals surface area (Å²) in [6.45, 7) is 0. The summed E-state index contributed by atoms with van der Waals surface area (Å²) in [7, 11) is 0. The standard InChI is InChI=1S/C12H10Cl2N2O/c13-7-3-4-8(9(14)5-7)10-11(6-1-2-6)16-17-12(10)15/h3-6H,1-2,15H2. The zero-order chi connectivity index (χ0) is 12.0. The van der Waals surface area contributed by atoms with Crippen molar-refractivity contribution in [1.29, 1.82) is 0 Å². The van der Waals surface area contributed by atoms with Crippen molar-refractivity contribution in [3.8, 4) is 11.1 Å². The Morgan fingerprint density at radius 1 is 1.29 bits per heavy atom. The van der Waals surface area contributed by atoms with Gasteiger partial charge in [-0.2, -0.15) is 0 Å². The van der Waals surface area contributed by atoms with Crippen molar-refractivity contribution in [2.45, 2.75) is 18.8 Å². The highest BCUT2D eigenvalue weighted by Crippen LogP contribution is 2.47. The lowest BCUT2D eigenvalue weighted by atomic mass is 10.0. The Balaban J connectivity index is 2.16. The molecule has 3 rings (SSSR count). The van der Waals surface area contributed by atoms with Crippen molar-refractivity contribution in [2.75, 3.05) is 5.73 Å². The van der Waals surface area contributed by atoms with E-state index in [0.29, 0.717) is 21.8 Å². The maximum atomic E-state index is 6.18. The van der Waals surface area contributed by atoms with Crippen LogP contribution in [0.1, 0.15) is 24.5 Å². The lowest BCUT2D eigenvalue weighted by molar-refractivity contribution is 0.428. The van der Waals surface area contributed by atoms with E-state index >= 15 is 0 Å². The van der Waals surface area contributed by atoms with E-state index in [1.165, 1.54) is 0 Å². The molecule has 1 aliphatic rings. The molecule has 0 aliphatic heterocycles. The van der Waals surface area contributed by atoms with E-state index in [0.717, 1.165) is 29.7 Å². The summed E-state index contributed by atoms with van der Waals surface area (Å²) < 4.78 is 5.07. The van der Waals surface area contributed by atoms with Gasteiger partial charge >= 0.3 is 0 Å². The molecule has 17 heavy (non-hydrogen) atoms. The average molecular weight is 269 g/mol. The van der Waals surface area contributed by atoms with Crippen LogP contribution in [0.4, 0.5) is 5.88 Å². The minimum Gasteiger partial charge on any atom is -0.367 e. The van der Waals surface area contributed by atoms with Crippen LogP contribution in [0, 0.1) is 0 Å². The van der Waals surface area contributed by atoms with Crippen molar-refractivity contribution >= 4 is 29.1 Å². The lowest BCUT2D eigenvalue weighted by Gasteiger charge is -2.04. The molecule has 0 atom stereocenters. The molecule has 1 aliphatic carbocycles. The summed E-state index contributed by atoms with van der Waals surface area (Å²) in [6, 6.07) is 5.33. The first kappa shape index (κ1) is 10.9. The normalized spacial score (nSPS) is 15.2. The first-order chi connectivity index (χ1) is 8.16. The molecule has 88 valence electrons. The number of nitrogen functional groups attached to an aromatic ring is 1. The van der Waals surface area contributed by atoms with E-state index in [1.807, 2.05) is 6.07 Å². The van der Waals surface area contributed by atoms with Gasteiger partial charge in [-0.3, -0.25) is 0 Å². The molecule has 2 aromatic rings. The number of hydrogen-bond donors (Lipinski definition) is 1. The Labute approximate surface area is 108 Å². The molecular formula is C12H10Cl2N2O. The van der Waals surface area contributed by atoms with Crippen LogP contribution >= 0.6 is 23.2 Å². The number of hydrogen-bond acceptors (Lipinski definition) is 3. The second-order valence-electron chi connectivity index (χ2n) is 4.21. The molecule has 1 saturated carbocycles. The average Bonchev–Trinajstić information content (AvgIpc) is 3.04. The fourth-order valence-corrected chi connectivity index (χ4v) is 2.42. The smallest absolute Gasteiger partial charge is 0.230 e. The fraction of sp³-hybridized carbons (Fsp3) is 0.250. The number of rotatable bonds is 2. The van der Waals surface area contributed by atoms with Gasteiger partial charge in [0.15, 0.2) is 0 Å². The first-order valence-corrected chi connectivity index (χ1v) is 6.13. The second-order valence-corrected chi connectivity index (χ2v) is 5.05. The summed E-state index contributed by atoms with van der Waals surface area (Å²) in [6.07, 6.45) is 2.26. The van der Waals surface area contributed by atoms with Gasteiger partial charge in [0.25, 0.3) is 0 Å². The molecule has 0 unspecified atom stereocenters. The van der Waals surface area contributed by atoms with Crippen LogP contribution < -0.4 is 5.73 Å². The SMILES string of the molecule is Nc1onc(C2CC2)c1-c1ccc(Cl)cc1Cl. The maximum absolute atomic E-state index is 6.18. The zero-order valence-corrected chi connectivity index (χ0v) is 10.4. The van der Waals surface area contributed by atoms with E-state index in [2.05, 4.69) is 5.16 Å². The van der Waals surface area contributed by atoms with Crippen LogP contribution in [-0.4, -0.2) is 5.16 Å². The van der Waals surface area contributed by atoms with E-state index in [4.69, 9.17) is 33.5 Å². The predicted molar refractivity (Wildman–Crippen MR) is 68.3 cm³/mol. The molecule has 2 N–H and O–H groups in total. The molecule has 0 bridgehead atoms. The van der Waals surface area contributed by atoms with E-state index in [9.17, 15) is 0 Å². The molecule has 1 fully saturated rings. The van der Waals surface area contributed by atoms with Gasteiger partial charge in [-0.1, -0.05) is 34.4 Å². The monoisotopic (exact) mass is 268 g/mol. The van der Waals surface area contributed by atoms with Crippen molar-refractivity contribution in [2.24, 2.45) is 0 Å². The summed E-state index contributed by atoms with van der Waals surface area (Å²) in [5.74, 6) is 0.772. The van der Waals surface area contributed by atoms with Crippen LogP contribution in [0.25, 0.3) is 11.1 Å². The highest BCUT2D eigenvalue weighted by atomic mass is 35.5. The van der Waals surface area contributed by atoms with Gasteiger partial charge in [0.1, 0.15) is 0 Å². The Kier molecular flexibility index (Phi) is 2.53. The summed E-state index contributed by atoms with van der Waals surface area (Å²) in [5, 5.41) is 5.19. The molecule has 1 aromatic heterocycles. The van der Waals surface area contributed by atoms with E-state index in [-0.39, 0.29) is 0 Å². The highest BCUT2D eigenvalue weighted by molar-refractivity contribution is 6.36. The van der Waals surface area contributed by atoms with Gasteiger partial charge < -0.3 is 10.3 Å². The molecule has 0 radical (unpaired) electrons. The molecule has 0 amide bonds. The van der Waals surface area contributed by atoms with E-state index in [1.54, 1.807) is 12.1 Å². The first-order valence-electron chi connectivity index (χ1n) is 5.37. The van der Waals surface area contributed by atoms with Gasteiger partial charge in [-0.25, -0.2) is 0 Å². The molecule has 5 heteroatoms. The molecule has 0 spiro atoms. The fourth-order valence-electron chi connectivity index (χ4n) is 1.91. The number of anilines is 1. The molecular weight excluding hydrogens is 259 g/mol. The highest BCUT2D eigenvalue weighted by Gasteiger charge is 2.32. The van der Waals surface area contributed by atoms with Crippen LogP contribution in [0.2, 0.25) is 10.0 Å². The second kappa shape index (κ2) is 3.93.